The van der Waals surface area contributed by atoms with Gasteiger partial charge in [-0.25, -0.2) is 0 Å². The van der Waals surface area contributed by atoms with E-state index in [0.717, 1.165) is 24.6 Å². The molecule has 56 valence electrons. The summed E-state index contributed by atoms with van der Waals surface area (Å²) in [5.41, 5.74) is 0. The second-order valence-corrected chi connectivity index (χ2v) is 3.28. The fourth-order valence-electron chi connectivity index (χ4n) is 0.858. The molecule has 1 amide bonds. The van der Waals surface area contributed by atoms with Crippen LogP contribution < -0.4 is 0 Å². The van der Waals surface area contributed by atoms with Crippen LogP contribution in [0.1, 0.15) is 0 Å². The van der Waals surface area contributed by atoms with E-state index in [0.29, 0.717) is 6.29 Å². The minimum Gasteiger partial charge on any atom is -0.335 e. The van der Waals surface area contributed by atoms with Crippen LogP contribution in [0.2, 0.25) is 0 Å². The van der Waals surface area contributed by atoms with E-state index in [9.17, 15) is 9.59 Å². The third-order valence-electron chi connectivity index (χ3n) is 1.42. The maximum atomic E-state index is 10.7. The van der Waals surface area contributed by atoms with Crippen molar-refractivity contribution in [2.75, 3.05) is 24.6 Å². The molecule has 0 aromatic heterocycles. The van der Waals surface area contributed by atoms with Crippen molar-refractivity contribution in [2.24, 2.45) is 0 Å². The number of rotatable bonds is 1. The van der Waals surface area contributed by atoms with E-state index in [4.69, 9.17) is 0 Å². The molecule has 1 fully saturated rings. The topological polar surface area (TPSA) is 37.4 Å². The summed E-state index contributed by atoms with van der Waals surface area (Å²) in [6.07, 6.45) is 0.385. The van der Waals surface area contributed by atoms with Crippen molar-refractivity contribution < 1.29 is 9.59 Å². The molecule has 1 aliphatic rings. The standard InChI is InChI=1S/C6H9NO2S/c8-5-6(9)7-1-3-10-4-2-7/h5H,1-4H2. The number of aldehydes is 1. The van der Waals surface area contributed by atoms with E-state index >= 15 is 0 Å². The molecule has 0 bridgehead atoms. The van der Waals surface area contributed by atoms with Crippen LogP contribution in [0.5, 0.6) is 0 Å². The Labute approximate surface area is 63.8 Å². The highest BCUT2D eigenvalue weighted by Crippen LogP contribution is 2.07. The third-order valence-corrected chi connectivity index (χ3v) is 2.37. The molecule has 0 unspecified atom stereocenters. The normalized spacial score (nSPS) is 18.6. The molecule has 3 nitrogen and oxygen atoms in total. The Balaban J connectivity index is 2.38. The first kappa shape index (κ1) is 7.60. The summed E-state index contributed by atoms with van der Waals surface area (Å²) in [5, 5.41) is 0. The number of amides is 1. The fourth-order valence-corrected chi connectivity index (χ4v) is 1.76. The predicted octanol–water partition coefficient (Wildman–Crippen LogP) is -0.239. The number of thioether (sulfide) groups is 1. The zero-order chi connectivity index (χ0) is 7.40. The van der Waals surface area contributed by atoms with Crippen LogP contribution in [0.3, 0.4) is 0 Å². The van der Waals surface area contributed by atoms with Crippen molar-refractivity contribution in [3.8, 4) is 0 Å². The molecule has 1 rings (SSSR count). The molecule has 4 heteroatoms. The highest BCUT2D eigenvalue weighted by molar-refractivity contribution is 7.99. The largest absolute Gasteiger partial charge is 0.335 e. The van der Waals surface area contributed by atoms with E-state index in [1.54, 1.807) is 4.90 Å². The lowest BCUT2D eigenvalue weighted by Crippen LogP contribution is -2.38. The zero-order valence-corrected chi connectivity index (χ0v) is 6.39. The Morgan fingerprint density at radius 1 is 1.40 bits per heavy atom. The van der Waals surface area contributed by atoms with Gasteiger partial charge in [-0.1, -0.05) is 0 Å². The van der Waals surface area contributed by atoms with Gasteiger partial charge in [0.2, 0.25) is 6.29 Å². The van der Waals surface area contributed by atoms with Crippen molar-refractivity contribution in [3.63, 3.8) is 0 Å². The lowest BCUT2D eigenvalue weighted by Gasteiger charge is -2.23. The monoisotopic (exact) mass is 159 g/mol. The SMILES string of the molecule is O=CC(=O)N1CCSCC1. The van der Waals surface area contributed by atoms with Gasteiger partial charge in [0.15, 0.2) is 0 Å². The van der Waals surface area contributed by atoms with Crippen molar-refractivity contribution in [1.29, 1.82) is 0 Å². The van der Waals surface area contributed by atoms with Crippen LogP contribution in [0.15, 0.2) is 0 Å². The number of nitrogens with zero attached hydrogens (tertiary/aromatic N) is 1. The van der Waals surface area contributed by atoms with Gasteiger partial charge in [-0.3, -0.25) is 9.59 Å². The molecule has 1 aliphatic heterocycles. The highest BCUT2D eigenvalue weighted by Gasteiger charge is 2.14. The molecule has 0 aromatic rings. The van der Waals surface area contributed by atoms with Gasteiger partial charge >= 0.3 is 0 Å². The molecule has 1 saturated heterocycles. The van der Waals surface area contributed by atoms with E-state index in [-0.39, 0.29) is 5.91 Å². The summed E-state index contributed by atoms with van der Waals surface area (Å²) in [4.78, 5) is 22.3. The van der Waals surface area contributed by atoms with Gasteiger partial charge in [0.25, 0.3) is 5.91 Å². The summed E-state index contributed by atoms with van der Waals surface area (Å²) < 4.78 is 0. The molecular weight excluding hydrogens is 150 g/mol. The predicted molar refractivity (Wildman–Crippen MR) is 40.0 cm³/mol. The Morgan fingerprint density at radius 3 is 2.50 bits per heavy atom. The molecule has 0 N–H and O–H groups in total. The van der Waals surface area contributed by atoms with Gasteiger partial charge < -0.3 is 4.90 Å². The number of carbonyl (C=O) groups excluding carboxylic acids is 2. The van der Waals surface area contributed by atoms with Crippen molar-refractivity contribution in [3.05, 3.63) is 0 Å². The average molecular weight is 159 g/mol. The lowest BCUT2D eigenvalue weighted by atomic mass is 10.5. The van der Waals surface area contributed by atoms with Crippen LogP contribution in [-0.2, 0) is 9.59 Å². The van der Waals surface area contributed by atoms with Crippen LogP contribution in [-0.4, -0.2) is 41.7 Å². The fraction of sp³-hybridized carbons (Fsp3) is 0.667. The Hall–Kier alpha value is -0.510. The van der Waals surface area contributed by atoms with Crippen molar-refractivity contribution in [1.82, 2.24) is 4.90 Å². The maximum Gasteiger partial charge on any atom is 0.286 e. The van der Waals surface area contributed by atoms with Gasteiger partial charge in [-0.2, -0.15) is 11.8 Å². The Kier molecular flexibility index (Phi) is 2.74. The minimum atomic E-state index is -0.375. The molecular formula is C6H9NO2S. The van der Waals surface area contributed by atoms with Crippen molar-refractivity contribution in [2.45, 2.75) is 0 Å². The molecule has 0 saturated carbocycles. The number of hydrogen-bond donors (Lipinski definition) is 0. The summed E-state index contributed by atoms with van der Waals surface area (Å²) >= 11 is 1.82. The van der Waals surface area contributed by atoms with E-state index < -0.39 is 0 Å². The molecule has 1 heterocycles. The van der Waals surface area contributed by atoms with Gasteiger partial charge in [0, 0.05) is 24.6 Å². The second-order valence-electron chi connectivity index (χ2n) is 2.06. The maximum absolute atomic E-state index is 10.7. The zero-order valence-electron chi connectivity index (χ0n) is 5.58. The quantitative estimate of drug-likeness (QED) is 0.391. The van der Waals surface area contributed by atoms with Crippen LogP contribution in [0, 0.1) is 0 Å². The molecule has 10 heavy (non-hydrogen) atoms. The first-order valence-corrected chi connectivity index (χ1v) is 4.32. The van der Waals surface area contributed by atoms with Gasteiger partial charge in [0.1, 0.15) is 0 Å². The molecule has 0 atom stereocenters. The van der Waals surface area contributed by atoms with Gasteiger partial charge in [0.05, 0.1) is 0 Å². The summed E-state index contributed by atoms with van der Waals surface area (Å²) in [5.74, 6) is 1.54. The van der Waals surface area contributed by atoms with Crippen LogP contribution in [0.4, 0.5) is 0 Å². The number of carbonyl (C=O) groups is 2. The van der Waals surface area contributed by atoms with E-state index in [1.807, 2.05) is 11.8 Å². The first-order valence-electron chi connectivity index (χ1n) is 3.16. The third kappa shape index (κ3) is 1.73. The Morgan fingerprint density at radius 2 is 2.00 bits per heavy atom. The van der Waals surface area contributed by atoms with Gasteiger partial charge in [-0.05, 0) is 0 Å². The molecule has 0 aliphatic carbocycles. The molecule has 0 radical (unpaired) electrons. The van der Waals surface area contributed by atoms with Gasteiger partial charge in [-0.15, -0.1) is 0 Å². The second kappa shape index (κ2) is 3.61. The van der Waals surface area contributed by atoms with Crippen molar-refractivity contribution >= 4 is 24.0 Å². The Bertz CT molecular complexity index is 143. The highest BCUT2D eigenvalue weighted by atomic mass is 32.2. The van der Waals surface area contributed by atoms with Crippen LogP contribution in [0.25, 0.3) is 0 Å². The number of hydrogen-bond acceptors (Lipinski definition) is 3. The first-order chi connectivity index (χ1) is 4.84. The summed E-state index contributed by atoms with van der Waals surface area (Å²) in [6, 6.07) is 0. The minimum absolute atomic E-state index is 0.375. The molecule has 0 aromatic carbocycles. The average Bonchev–Trinajstić information content (AvgIpc) is 2.05. The lowest BCUT2D eigenvalue weighted by molar-refractivity contribution is -0.138. The summed E-state index contributed by atoms with van der Waals surface area (Å²) in [7, 11) is 0. The van der Waals surface area contributed by atoms with E-state index in [2.05, 4.69) is 0 Å². The smallest absolute Gasteiger partial charge is 0.286 e. The van der Waals surface area contributed by atoms with E-state index in [1.165, 1.54) is 0 Å². The summed E-state index contributed by atoms with van der Waals surface area (Å²) in [6.45, 7) is 1.45. The molecule has 0 spiro atoms. The van der Waals surface area contributed by atoms with Crippen LogP contribution >= 0.6 is 11.8 Å².